The summed E-state index contributed by atoms with van der Waals surface area (Å²) in [7, 11) is 0. The summed E-state index contributed by atoms with van der Waals surface area (Å²) in [5, 5.41) is 16.9. The van der Waals surface area contributed by atoms with Gasteiger partial charge in [-0.2, -0.15) is 0 Å². The van der Waals surface area contributed by atoms with Crippen LogP contribution in [0.1, 0.15) is 20.7 Å². The number of phenols is 2. The second-order valence-electron chi connectivity index (χ2n) is 3.61. The molecule has 2 N–H and O–H groups in total. The van der Waals surface area contributed by atoms with E-state index in [-0.39, 0.29) is 39.1 Å². The van der Waals surface area contributed by atoms with E-state index in [0.29, 0.717) is 0 Å². The molecule has 112 valence electrons. The van der Waals surface area contributed by atoms with Gasteiger partial charge in [0.15, 0.2) is 0 Å². The number of rotatable bonds is 2. The molecule has 2 aromatic rings. The first-order valence-electron chi connectivity index (χ1n) is 5.42. The standard InChI is InChI=1S/2C7H6O2S.Ni/c2*8-6-4-2-1-3-5(6)7(9)10;/h2*1-4,8H,(H,9,10);/q;;+2/p-2. The quantitative estimate of drug-likeness (QED) is 0.628. The average molecular weight is 365 g/mol. The molecule has 0 bridgehead atoms. The van der Waals surface area contributed by atoms with Crippen molar-refractivity contribution < 1.29 is 36.3 Å². The Bertz CT molecular complexity index is 576. The number of phenolic OH excluding ortho intramolecular Hbond substituents is 2. The Labute approximate surface area is 142 Å². The summed E-state index contributed by atoms with van der Waals surface area (Å²) in [5.74, 6) is -0.106. The first kappa shape index (κ1) is 19.3. The van der Waals surface area contributed by atoms with Crippen LogP contribution in [0.3, 0.4) is 0 Å². The van der Waals surface area contributed by atoms with Gasteiger partial charge >= 0.3 is 16.5 Å². The van der Waals surface area contributed by atoms with Crippen molar-refractivity contribution in [2.45, 2.75) is 0 Å². The molecule has 2 rings (SSSR count). The van der Waals surface area contributed by atoms with E-state index >= 15 is 0 Å². The Hall–Kier alpha value is -1.69. The van der Waals surface area contributed by atoms with Crippen molar-refractivity contribution in [3.63, 3.8) is 0 Å². The number of hydrogen-bond donors (Lipinski definition) is 2. The van der Waals surface area contributed by atoms with Gasteiger partial charge < -0.3 is 45.1 Å². The maximum absolute atomic E-state index is 10.5. The largest absolute Gasteiger partial charge is 2.00 e. The molecule has 0 aliphatic rings. The summed E-state index contributed by atoms with van der Waals surface area (Å²) >= 11 is 8.67. The Balaban J connectivity index is 0.000000364. The van der Waals surface area contributed by atoms with Crippen LogP contribution in [0.2, 0.25) is 0 Å². The van der Waals surface area contributed by atoms with Gasteiger partial charge in [0.25, 0.3) is 0 Å². The molecule has 0 fully saturated rings. The first-order valence-corrected chi connectivity index (χ1v) is 6.23. The van der Waals surface area contributed by atoms with Crippen LogP contribution in [-0.2, 0) is 41.7 Å². The SMILES string of the molecule is O=C([S-])c1ccccc1O.O=C([S-])c1ccccc1O.[Ni+2]. The van der Waals surface area contributed by atoms with Crippen LogP contribution in [0.5, 0.6) is 11.5 Å². The van der Waals surface area contributed by atoms with Crippen molar-refractivity contribution in [3.8, 4) is 11.5 Å². The second-order valence-corrected chi connectivity index (χ2v) is 4.35. The zero-order chi connectivity index (χ0) is 15.1. The van der Waals surface area contributed by atoms with E-state index < -0.39 is 10.2 Å². The number of carbonyl (C=O) groups excluding carboxylic acids is 2. The first-order chi connectivity index (χ1) is 9.43. The number of para-hydroxylation sites is 2. The third kappa shape index (κ3) is 6.08. The average Bonchev–Trinajstić information content (AvgIpc) is 2.40. The number of carbonyl (C=O) groups is 2. The van der Waals surface area contributed by atoms with Crippen LogP contribution < -0.4 is 0 Å². The van der Waals surface area contributed by atoms with Gasteiger partial charge in [0.05, 0.1) is 0 Å². The molecule has 7 heteroatoms. The van der Waals surface area contributed by atoms with Gasteiger partial charge in [-0.15, -0.1) is 0 Å². The molecular formula is C14H10NiO4S2. The van der Waals surface area contributed by atoms with Crippen molar-refractivity contribution in [3.05, 3.63) is 59.7 Å². The van der Waals surface area contributed by atoms with Crippen LogP contribution in [0.15, 0.2) is 48.5 Å². The van der Waals surface area contributed by atoms with Crippen molar-refractivity contribution in [2.24, 2.45) is 0 Å². The van der Waals surface area contributed by atoms with E-state index in [1.54, 1.807) is 24.3 Å². The van der Waals surface area contributed by atoms with E-state index in [1.807, 2.05) is 0 Å². The van der Waals surface area contributed by atoms with Gasteiger partial charge in [-0.25, -0.2) is 0 Å². The van der Waals surface area contributed by atoms with Gasteiger partial charge in [-0.05, 0) is 24.3 Å². The molecule has 0 spiro atoms. The Kier molecular flexibility index (Phi) is 8.54. The summed E-state index contributed by atoms with van der Waals surface area (Å²) in [4.78, 5) is 21.0. The normalized spacial score (nSPS) is 8.76. The molecular weight excluding hydrogens is 355 g/mol. The molecule has 4 nitrogen and oxygen atoms in total. The zero-order valence-electron chi connectivity index (χ0n) is 10.5. The van der Waals surface area contributed by atoms with Crippen LogP contribution in [0.25, 0.3) is 0 Å². The van der Waals surface area contributed by atoms with Crippen LogP contribution in [0.4, 0.5) is 0 Å². The predicted octanol–water partition coefficient (Wildman–Crippen LogP) is 2.16. The Morgan fingerprint density at radius 2 is 1.00 bits per heavy atom. The minimum absolute atomic E-state index is 0. The topological polar surface area (TPSA) is 74.6 Å². The summed E-state index contributed by atoms with van der Waals surface area (Å²) in [6.45, 7) is 0. The molecule has 0 aliphatic heterocycles. The van der Waals surface area contributed by atoms with E-state index in [0.717, 1.165) is 0 Å². The van der Waals surface area contributed by atoms with Crippen molar-refractivity contribution in [2.75, 3.05) is 0 Å². The van der Waals surface area contributed by atoms with Crippen molar-refractivity contribution in [1.82, 2.24) is 0 Å². The predicted molar refractivity (Wildman–Crippen MR) is 79.6 cm³/mol. The number of aromatic hydroxyl groups is 2. The monoisotopic (exact) mass is 364 g/mol. The third-order valence-electron chi connectivity index (χ3n) is 2.25. The summed E-state index contributed by atoms with van der Waals surface area (Å²) in [6.07, 6.45) is 0. The molecule has 0 aliphatic carbocycles. The minimum Gasteiger partial charge on any atom is -0.737 e. The van der Waals surface area contributed by atoms with E-state index in [2.05, 4.69) is 25.3 Å². The molecule has 0 heterocycles. The molecule has 0 atom stereocenters. The zero-order valence-corrected chi connectivity index (χ0v) is 13.1. The molecule has 0 saturated carbocycles. The Morgan fingerprint density at radius 3 is 1.19 bits per heavy atom. The smallest absolute Gasteiger partial charge is 0.737 e. The summed E-state index contributed by atoms with van der Waals surface area (Å²) in [5.41, 5.74) is 0.384. The Morgan fingerprint density at radius 1 is 0.714 bits per heavy atom. The molecule has 0 radical (unpaired) electrons. The van der Waals surface area contributed by atoms with E-state index in [4.69, 9.17) is 10.2 Å². The van der Waals surface area contributed by atoms with Crippen LogP contribution in [-0.4, -0.2) is 20.4 Å². The molecule has 2 aromatic carbocycles. The summed E-state index contributed by atoms with van der Waals surface area (Å²) in [6, 6.07) is 12.4. The van der Waals surface area contributed by atoms with Gasteiger partial charge in [0.2, 0.25) is 0 Å². The molecule has 0 aromatic heterocycles. The summed E-state index contributed by atoms with van der Waals surface area (Å²) < 4.78 is 0. The van der Waals surface area contributed by atoms with Gasteiger partial charge in [0, 0.05) is 21.4 Å². The van der Waals surface area contributed by atoms with Crippen molar-refractivity contribution in [1.29, 1.82) is 0 Å². The molecule has 21 heavy (non-hydrogen) atoms. The van der Waals surface area contributed by atoms with E-state index in [1.165, 1.54) is 24.3 Å². The molecule has 0 unspecified atom stereocenters. The maximum atomic E-state index is 10.5. The molecule has 0 saturated heterocycles. The fourth-order valence-corrected chi connectivity index (χ4v) is 1.64. The molecule has 0 amide bonds. The third-order valence-corrected chi connectivity index (χ3v) is 2.69. The van der Waals surface area contributed by atoms with Crippen LogP contribution in [0, 0.1) is 0 Å². The fourth-order valence-electron chi connectivity index (χ4n) is 1.29. The van der Waals surface area contributed by atoms with Gasteiger partial charge in [-0.3, -0.25) is 0 Å². The van der Waals surface area contributed by atoms with Crippen molar-refractivity contribution >= 4 is 35.5 Å². The number of hydrogen-bond acceptors (Lipinski definition) is 6. The second kappa shape index (κ2) is 9.29. The minimum atomic E-state index is -0.530. The number of benzene rings is 2. The van der Waals surface area contributed by atoms with Crippen LogP contribution >= 0.6 is 0 Å². The fraction of sp³-hybridized carbons (Fsp3) is 0. The van der Waals surface area contributed by atoms with E-state index in [9.17, 15) is 9.59 Å². The van der Waals surface area contributed by atoms with Gasteiger partial charge in [-0.1, -0.05) is 24.3 Å². The maximum Gasteiger partial charge on any atom is 2.00 e. The van der Waals surface area contributed by atoms with Gasteiger partial charge in [0.1, 0.15) is 11.5 Å².